The fourth-order valence-electron chi connectivity index (χ4n) is 3.63. The van der Waals surface area contributed by atoms with E-state index in [0.29, 0.717) is 40.0 Å². The summed E-state index contributed by atoms with van der Waals surface area (Å²) in [6, 6.07) is 18.1. The zero-order valence-corrected chi connectivity index (χ0v) is 20.2. The lowest BCUT2D eigenvalue weighted by Crippen LogP contribution is -2.07. The molecule has 2 aromatic carbocycles. The van der Waals surface area contributed by atoms with Crippen molar-refractivity contribution in [2.24, 2.45) is 0 Å². The van der Waals surface area contributed by atoms with Gasteiger partial charge in [0.25, 0.3) is 0 Å². The Morgan fingerprint density at radius 3 is 2.19 bits per heavy atom. The van der Waals surface area contributed by atoms with Crippen molar-refractivity contribution in [3.05, 3.63) is 71.1 Å². The van der Waals surface area contributed by atoms with Gasteiger partial charge in [0.1, 0.15) is 65.3 Å². The molecule has 10 heteroatoms. The van der Waals surface area contributed by atoms with Gasteiger partial charge in [0, 0.05) is 11.1 Å². The van der Waals surface area contributed by atoms with Gasteiger partial charge in [-0.1, -0.05) is 12.1 Å². The molecule has 0 unspecified atom stereocenters. The van der Waals surface area contributed by atoms with Crippen LogP contribution in [0.15, 0.2) is 52.9 Å². The largest absolute Gasteiger partial charge is 0.497 e. The molecule has 0 atom stereocenters. The Labute approximate surface area is 213 Å². The summed E-state index contributed by atoms with van der Waals surface area (Å²) in [5.41, 5.74) is 8.34. The predicted octanol–water partition coefficient (Wildman–Crippen LogP) is 4.00. The molecule has 37 heavy (non-hydrogen) atoms. The highest BCUT2D eigenvalue weighted by atomic mass is 16.5. The lowest BCUT2D eigenvalue weighted by Gasteiger charge is -2.14. The maximum atomic E-state index is 9.97. The van der Waals surface area contributed by atoms with Gasteiger partial charge in [-0.15, -0.1) is 0 Å². The number of aromatic nitrogens is 2. The Kier molecular flexibility index (Phi) is 7.53. The minimum atomic E-state index is -0.118. The van der Waals surface area contributed by atoms with Crippen molar-refractivity contribution in [1.82, 2.24) is 9.97 Å². The van der Waals surface area contributed by atoms with Gasteiger partial charge in [0.15, 0.2) is 0 Å². The van der Waals surface area contributed by atoms with Crippen LogP contribution < -0.4 is 19.9 Å². The number of methoxy groups -OCH3 is 1. The van der Waals surface area contributed by atoms with E-state index in [0.717, 1.165) is 5.56 Å². The van der Waals surface area contributed by atoms with Crippen LogP contribution in [0.4, 0.5) is 5.82 Å². The van der Waals surface area contributed by atoms with Gasteiger partial charge < -0.3 is 29.5 Å². The standard InChI is InChI=1S/C27H23N5O5/c1-16-23(31-26(37-16)18-5-7-19(34-2)8-6-18)15-36-27-22(14-29)24(21(13-28)25(30)32-27)17-3-9-20(10-4-17)35-12-11-33/h3-10,33H,11-12,15H2,1-2H3,(H2,30,32). The summed E-state index contributed by atoms with van der Waals surface area (Å²) >= 11 is 0. The molecule has 0 spiro atoms. The molecule has 0 aliphatic heterocycles. The SMILES string of the molecule is COc1ccc(-c2nc(COc3nc(N)c(C#N)c(-c4ccc(OCCO)cc4)c3C#N)c(C)o2)cc1. The third-order valence-corrected chi connectivity index (χ3v) is 5.49. The molecule has 0 amide bonds. The third-order valence-electron chi connectivity index (χ3n) is 5.49. The van der Waals surface area contributed by atoms with E-state index >= 15 is 0 Å². The number of nitrogen functional groups attached to an aromatic ring is 1. The topological polar surface area (TPSA) is 160 Å². The average Bonchev–Trinajstić information content (AvgIpc) is 3.30. The molecule has 2 heterocycles. The minimum absolute atomic E-state index is 0.0250. The first-order valence-electron chi connectivity index (χ1n) is 11.2. The summed E-state index contributed by atoms with van der Waals surface area (Å²) < 4.78 is 22.3. The van der Waals surface area contributed by atoms with Crippen LogP contribution in [0.25, 0.3) is 22.6 Å². The molecule has 10 nitrogen and oxygen atoms in total. The molecule has 0 aliphatic carbocycles. The average molecular weight is 498 g/mol. The smallest absolute Gasteiger partial charge is 0.234 e. The number of rotatable bonds is 9. The number of nitrogens with two attached hydrogens (primary N) is 1. The van der Waals surface area contributed by atoms with E-state index in [1.54, 1.807) is 50.4 Å². The number of aliphatic hydroxyl groups is 1. The number of aryl methyl sites for hydroxylation is 1. The van der Waals surface area contributed by atoms with Gasteiger partial charge in [-0.05, 0) is 48.9 Å². The zero-order chi connectivity index (χ0) is 26.4. The summed E-state index contributed by atoms with van der Waals surface area (Å²) in [6.45, 7) is 1.75. The number of hydrogen-bond acceptors (Lipinski definition) is 10. The molecule has 3 N–H and O–H groups in total. The van der Waals surface area contributed by atoms with E-state index < -0.39 is 0 Å². The normalized spacial score (nSPS) is 10.4. The quantitative estimate of drug-likeness (QED) is 0.346. The number of aliphatic hydroxyl groups excluding tert-OH is 1. The summed E-state index contributed by atoms with van der Waals surface area (Å²) in [4.78, 5) is 8.69. The molecule has 0 fully saturated rings. The minimum Gasteiger partial charge on any atom is -0.497 e. The first kappa shape index (κ1) is 25.0. The maximum Gasteiger partial charge on any atom is 0.234 e. The molecule has 0 bridgehead atoms. The van der Waals surface area contributed by atoms with E-state index in [-0.39, 0.29) is 42.6 Å². The van der Waals surface area contributed by atoms with Crippen LogP contribution in [-0.4, -0.2) is 35.4 Å². The molecule has 4 aromatic rings. The lowest BCUT2D eigenvalue weighted by atomic mass is 9.96. The van der Waals surface area contributed by atoms with Crippen LogP contribution in [0.1, 0.15) is 22.6 Å². The van der Waals surface area contributed by atoms with Crippen molar-refractivity contribution in [3.63, 3.8) is 0 Å². The van der Waals surface area contributed by atoms with Gasteiger partial charge in [0.2, 0.25) is 11.8 Å². The predicted molar refractivity (Wildman–Crippen MR) is 134 cm³/mol. The Bertz CT molecular complexity index is 1480. The molecule has 186 valence electrons. The van der Waals surface area contributed by atoms with Crippen molar-refractivity contribution < 1.29 is 23.7 Å². The molecular formula is C27H23N5O5. The first-order chi connectivity index (χ1) is 18.0. The van der Waals surface area contributed by atoms with E-state index in [4.69, 9.17) is 29.5 Å². The second-order valence-electron chi connectivity index (χ2n) is 7.79. The highest BCUT2D eigenvalue weighted by Gasteiger charge is 2.22. The Balaban J connectivity index is 1.64. The zero-order valence-electron chi connectivity index (χ0n) is 20.2. The second kappa shape index (κ2) is 11.1. The van der Waals surface area contributed by atoms with E-state index in [1.807, 2.05) is 18.2 Å². The van der Waals surface area contributed by atoms with Crippen LogP contribution in [0.5, 0.6) is 17.4 Å². The monoisotopic (exact) mass is 497 g/mol. The Morgan fingerprint density at radius 1 is 0.919 bits per heavy atom. The molecule has 4 rings (SSSR count). The summed E-state index contributed by atoms with van der Waals surface area (Å²) in [7, 11) is 1.59. The van der Waals surface area contributed by atoms with Gasteiger partial charge in [-0.2, -0.15) is 15.5 Å². The molecule has 2 aromatic heterocycles. The first-order valence-corrected chi connectivity index (χ1v) is 11.2. The number of oxazole rings is 1. The molecule has 0 saturated carbocycles. The van der Waals surface area contributed by atoms with E-state index in [2.05, 4.69) is 16.0 Å². The van der Waals surface area contributed by atoms with Gasteiger partial charge in [0.05, 0.1) is 13.7 Å². The third kappa shape index (κ3) is 5.30. The van der Waals surface area contributed by atoms with E-state index in [1.165, 1.54) is 0 Å². The Morgan fingerprint density at radius 2 is 1.57 bits per heavy atom. The fraction of sp³-hybridized carbons (Fsp3) is 0.185. The molecule has 0 radical (unpaired) electrons. The number of nitrogens with zero attached hydrogens (tertiary/aromatic N) is 4. The van der Waals surface area contributed by atoms with Gasteiger partial charge in [-0.25, -0.2) is 4.98 Å². The summed E-state index contributed by atoms with van der Waals surface area (Å²) in [6.07, 6.45) is 0. The van der Waals surface area contributed by atoms with Crippen molar-refractivity contribution in [3.8, 4) is 52.1 Å². The lowest BCUT2D eigenvalue weighted by molar-refractivity contribution is 0.201. The Hall–Kier alpha value is -5.06. The van der Waals surface area contributed by atoms with Gasteiger partial charge in [-0.3, -0.25) is 0 Å². The van der Waals surface area contributed by atoms with Crippen molar-refractivity contribution in [1.29, 1.82) is 10.5 Å². The van der Waals surface area contributed by atoms with Crippen LogP contribution in [-0.2, 0) is 6.61 Å². The van der Waals surface area contributed by atoms with Crippen LogP contribution >= 0.6 is 0 Å². The number of hydrogen-bond donors (Lipinski definition) is 2. The highest BCUT2D eigenvalue weighted by Crippen LogP contribution is 2.36. The van der Waals surface area contributed by atoms with E-state index in [9.17, 15) is 10.5 Å². The van der Waals surface area contributed by atoms with Crippen molar-refractivity contribution in [2.75, 3.05) is 26.1 Å². The molecule has 0 aliphatic rings. The van der Waals surface area contributed by atoms with Crippen molar-refractivity contribution in [2.45, 2.75) is 13.5 Å². The van der Waals surface area contributed by atoms with Crippen LogP contribution in [0.3, 0.4) is 0 Å². The number of anilines is 1. The highest BCUT2D eigenvalue weighted by molar-refractivity contribution is 5.82. The fourth-order valence-corrected chi connectivity index (χ4v) is 3.63. The number of benzene rings is 2. The number of pyridine rings is 1. The van der Waals surface area contributed by atoms with Gasteiger partial charge >= 0.3 is 0 Å². The summed E-state index contributed by atoms with van der Waals surface area (Å²) in [5.74, 6) is 2.11. The number of nitriles is 2. The van der Waals surface area contributed by atoms with Crippen LogP contribution in [0, 0.1) is 29.6 Å². The molecule has 0 saturated heterocycles. The summed E-state index contributed by atoms with van der Waals surface area (Å²) in [5, 5.41) is 28.6. The number of ether oxygens (including phenoxy) is 3. The van der Waals surface area contributed by atoms with Crippen LogP contribution in [0.2, 0.25) is 0 Å². The maximum absolute atomic E-state index is 9.97. The molecular weight excluding hydrogens is 474 g/mol. The van der Waals surface area contributed by atoms with Crippen molar-refractivity contribution >= 4 is 5.82 Å². The second-order valence-corrected chi connectivity index (χ2v) is 7.79.